The molecule has 18 heavy (non-hydrogen) atoms. The van der Waals surface area contributed by atoms with Crippen LogP contribution in [0.4, 0.5) is 5.69 Å². The van der Waals surface area contributed by atoms with Gasteiger partial charge in [0.25, 0.3) is 0 Å². The van der Waals surface area contributed by atoms with Gasteiger partial charge in [0, 0.05) is 25.1 Å². The van der Waals surface area contributed by atoms with Crippen molar-refractivity contribution in [3.63, 3.8) is 0 Å². The third-order valence-electron chi connectivity index (χ3n) is 4.34. The van der Waals surface area contributed by atoms with Gasteiger partial charge in [0.05, 0.1) is 11.5 Å². The zero-order valence-corrected chi connectivity index (χ0v) is 10.7. The first-order valence-electron chi connectivity index (χ1n) is 6.36. The zero-order valence-electron chi connectivity index (χ0n) is 10.7. The van der Waals surface area contributed by atoms with E-state index in [1.54, 1.807) is 4.90 Å². The molecular formula is C15H16N2O. The fraction of sp³-hybridized carbons (Fsp3) is 0.467. The van der Waals surface area contributed by atoms with E-state index >= 15 is 0 Å². The number of fused-ring (bicyclic) bond motifs is 1. The fourth-order valence-electron chi connectivity index (χ4n) is 2.87. The third kappa shape index (κ3) is 1.53. The van der Waals surface area contributed by atoms with Gasteiger partial charge in [-0.25, -0.2) is 0 Å². The Kier molecular flexibility index (Phi) is 2.25. The van der Waals surface area contributed by atoms with Crippen LogP contribution in [0.3, 0.4) is 0 Å². The Bertz CT molecular complexity index is 572. The van der Waals surface area contributed by atoms with Gasteiger partial charge in [-0.15, -0.1) is 0 Å². The van der Waals surface area contributed by atoms with Crippen molar-refractivity contribution in [3.8, 4) is 6.07 Å². The van der Waals surface area contributed by atoms with Crippen LogP contribution in [0.2, 0.25) is 0 Å². The summed E-state index contributed by atoms with van der Waals surface area (Å²) in [6, 6.07) is 8.68. The molecule has 0 N–H and O–H groups in total. The highest BCUT2D eigenvalue weighted by Gasteiger charge is 2.51. The number of nitriles is 1. The summed E-state index contributed by atoms with van der Waals surface area (Å²) in [7, 11) is 1.83. The average molecular weight is 240 g/mol. The minimum Gasteiger partial charge on any atom is -0.315 e. The van der Waals surface area contributed by atoms with Crippen LogP contribution in [-0.2, 0) is 11.2 Å². The molecule has 0 spiro atoms. The smallest absolute Gasteiger partial charge is 0.227 e. The maximum absolute atomic E-state index is 11.6. The highest BCUT2D eigenvalue weighted by molar-refractivity contribution is 5.95. The van der Waals surface area contributed by atoms with E-state index in [9.17, 15) is 4.79 Å². The molecule has 0 aromatic heterocycles. The molecule has 1 aromatic rings. The molecule has 3 nitrogen and oxygen atoms in total. The molecule has 2 aliphatic rings. The van der Waals surface area contributed by atoms with Crippen molar-refractivity contribution >= 4 is 11.6 Å². The summed E-state index contributed by atoms with van der Waals surface area (Å²) in [5.74, 6) is 0.555. The molecule has 3 rings (SSSR count). The maximum Gasteiger partial charge on any atom is 0.227 e. The number of hydrogen-bond acceptors (Lipinski definition) is 2. The van der Waals surface area contributed by atoms with Gasteiger partial charge in [-0.3, -0.25) is 4.79 Å². The van der Waals surface area contributed by atoms with Gasteiger partial charge in [-0.2, -0.15) is 5.26 Å². The second-order valence-electron chi connectivity index (χ2n) is 5.63. The number of carbonyl (C=O) groups is 1. The maximum atomic E-state index is 11.6. The number of anilines is 1. The number of nitrogens with zero attached hydrogens (tertiary/aromatic N) is 2. The molecule has 2 unspecified atom stereocenters. The topological polar surface area (TPSA) is 44.1 Å². The first-order valence-corrected chi connectivity index (χ1v) is 6.36. The second kappa shape index (κ2) is 3.58. The van der Waals surface area contributed by atoms with Crippen LogP contribution in [0.25, 0.3) is 0 Å². The monoisotopic (exact) mass is 240 g/mol. The van der Waals surface area contributed by atoms with E-state index in [0.29, 0.717) is 12.3 Å². The van der Waals surface area contributed by atoms with E-state index in [2.05, 4.69) is 18.2 Å². The zero-order chi connectivity index (χ0) is 12.9. The molecular weight excluding hydrogens is 224 g/mol. The Hall–Kier alpha value is -1.82. The lowest BCUT2D eigenvalue weighted by Crippen LogP contribution is -2.31. The predicted octanol–water partition coefficient (Wildman–Crippen LogP) is 2.61. The van der Waals surface area contributed by atoms with Crippen molar-refractivity contribution in [2.75, 3.05) is 11.9 Å². The van der Waals surface area contributed by atoms with Crippen molar-refractivity contribution in [1.29, 1.82) is 5.26 Å². The van der Waals surface area contributed by atoms with Crippen molar-refractivity contribution in [2.45, 2.75) is 32.1 Å². The summed E-state index contributed by atoms with van der Waals surface area (Å²) in [4.78, 5) is 13.4. The van der Waals surface area contributed by atoms with E-state index in [4.69, 9.17) is 5.26 Å². The van der Waals surface area contributed by atoms with Gasteiger partial charge in [0.15, 0.2) is 0 Å². The van der Waals surface area contributed by atoms with Crippen molar-refractivity contribution < 1.29 is 4.79 Å². The highest BCUT2D eigenvalue weighted by Crippen LogP contribution is 2.58. The lowest BCUT2D eigenvalue weighted by atomic mass is 9.95. The number of benzene rings is 1. The number of hydrogen-bond donors (Lipinski definition) is 0. The Morgan fingerprint density at radius 1 is 1.44 bits per heavy atom. The molecule has 1 amide bonds. The summed E-state index contributed by atoms with van der Waals surface area (Å²) in [5.41, 5.74) is 3.33. The molecule has 1 aliphatic carbocycles. The van der Waals surface area contributed by atoms with Crippen molar-refractivity contribution in [2.24, 2.45) is 5.41 Å². The Morgan fingerprint density at radius 2 is 2.22 bits per heavy atom. The molecule has 0 bridgehead atoms. The van der Waals surface area contributed by atoms with Gasteiger partial charge in [0.2, 0.25) is 5.91 Å². The Labute approximate surface area is 107 Å². The van der Waals surface area contributed by atoms with E-state index in [1.807, 2.05) is 20.0 Å². The first kappa shape index (κ1) is 11.3. The van der Waals surface area contributed by atoms with Gasteiger partial charge < -0.3 is 4.90 Å². The standard InChI is InChI=1S/C15H16N2O/c1-15(9-16)8-12(15)10-3-5-13-11(7-10)4-6-14(18)17(13)2/h3,5,7,12H,4,6,8H2,1-2H3. The third-order valence-corrected chi connectivity index (χ3v) is 4.34. The lowest BCUT2D eigenvalue weighted by molar-refractivity contribution is -0.118. The SMILES string of the molecule is CN1C(=O)CCc2cc(C3CC3(C)C#N)ccc21. The molecule has 1 fully saturated rings. The van der Waals surface area contributed by atoms with Crippen LogP contribution < -0.4 is 4.90 Å². The van der Waals surface area contributed by atoms with Gasteiger partial charge in [-0.05, 0) is 37.0 Å². The minimum atomic E-state index is -0.176. The van der Waals surface area contributed by atoms with E-state index in [-0.39, 0.29) is 11.3 Å². The molecule has 1 aromatic carbocycles. The Morgan fingerprint density at radius 3 is 2.89 bits per heavy atom. The first-order chi connectivity index (χ1) is 8.55. The summed E-state index contributed by atoms with van der Waals surface area (Å²) in [6.07, 6.45) is 2.37. The molecule has 1 heterocycles. The summed E-state index contributed by atoms with van der Waals surface area (Å²) in [5, 5.41) is 9.11. The molecule has 92 valence electrons. The second-order valence-corrected chi connectivity index (χ2v) is 5.63. The van der Waals surface area contributed by atoms with E-state index < -0.39 is 0 Å². The molecule has 1 saturated carbocycles. The number of amides is 1. The average Bonchev–Trinajstić information content (AvgIpc) is 3.07. The fourth-order valence-corrected chi connectivity index (χ4v) is 2.87. The summed E-state index contributed by atoms with van der Waals surface area (Å²) in [6.45, 7) is 2.02. The van der Waals surface area contributed by atoms with E-state index in [1.165, 1.54) is 11.1 Å². The molecule has 0 radical (unpaired) electrons. The van der Waals surface area contributed by atoms with Crippen LogP contribution >= 0.6 is 0 Å². The van der Waals surface area contributed by atoms with Crippen LogP contribution in [0, 0.1) is 16.7 Å². The van der Waals surface area contributed by atoms with Crippen LogP contribution in [-0.4, -0.2) is 13.0 Å². The van der Waals surface area contributed by atoms with Crippen LogP contribution in [0.15, 0.2) is 18.2 Å². The normalized spacial score (nSPS) is 29.7. The van der Waals surface area contributed by atoms with Crippen LogP contribution in [0.1, 0.15) is 36.8 Å². The molecule has 1 aliphatic heterocycles. The highest BCUT2D eigenvalue weighted by atomic mass is 16.2. The molecule has 3 heteroatoms. The summed E-state index contributed by atoms with van der Waals surface area (Å²) < 4.78 is 0. The van der Waals surface area contributed by atoms with Gasteiger partial charge >= 0.3 is 0 Å². The van der Waals surface area contributed by atoms with Gasteiger partial charge in [-0.1, -0.05) is 12.1 Å². The largest absolute Gasteiger partial charge is 0.315 e. The van der Waals surface area contributed by atoms with Crippen LogP contribution in [0.5, 0.6) is 0 Å². The predicted molar refractivity (Wildman–Crippen MR) is 69.3 cm³/mol. The van der Waals surface area contributed by atoms with Crippen molar-refractivity contribution in [1.82, 2.24) is 0 Å². The van der Waals surface area contributed by atoms with E-state index in [0.717, 1.165) is 18.5 Å². The Balaban J connectivity index is 1.94. The van der Waals surface area contributed by atoms with Crippen molar-refractivity contribution in [3.05, 3.63) is 29.3 Å². The molecule has 0 saturated heterocycles. The summed E-state index contributed by atoms with van der Waals surface area (Å²) >= 11 is 0. The molecule has 2 atom stereocenters. The number of carbonyl (C=O) groups excluding carboxylic acids is 1. The number of aryl methyl sites for hydroxylation is 1. The number of rotatable bonds is 1. The quantitative estimate of drug-likeness (QED) is 0.757. The lowest BCUT2D eigenvalue weighted by Gasteiger charge is -2.26. The minimum absolute atomic E-state index is 0.176. The van der Waals surface area contributed by atoms with Gasteiger partial charge in [0.1, 0.15) is 0 Å².